The highest BCUT2D eigenvalue weighted by Gasteiger charge is 2.58. The smallest absolute Gasteiger partial charge is 0.407 e. The van der Waals surface area contributed by atoms with Crippen LogP contribution >= 0.6 is 0 Å². The first-order chi connectivity index (χ1) is 17.0. The monoisotopic (exact) mass is 476 g/mol. The number of benzene rings is 2. The molecule has 0 spiro atoms. The third-order valence-corrected chi connectivity index (χ3v) is 8.18. The van der Waals surface area contributed by atoms with E-state index in [4.69, 9.17) is 9.47 Å². The number of carboxylic acid groups (broad SMARTS) is 1. The molecule has 3 saturated heterocycles. The predicted octanol–water partition coefficient (Wildman–Crippen LogP) is 2.86. The second-order valence-corrected chi connectivity index (χ2v) is 9.96. The summed E-state index contributed by atoms with van der Waals surface area (Å²) < 4.78 is 11.3. The van der Waals surface area contributed by atoms with Crippen molar-refractivity contribution in [3.63, 3.8) is 0 Å². The van der Waals surface area contributed by atoms with Crippen molar-refractivity contribution in [1.29, 1.82) is 0 Å². The van der Waals surface area contributed by atoms with Gasteiger partial charge in [0.05, 0.1) is 5.92 Å². The lowest BCUT2D eigenvalue weighted by atomic mass is 9.74. The SMILES string of the molecule is O=C(NC[C@@H]1CCO[C@@H]1C(=O)N1CC2CC1C2C(=O)O)OCC1c2ccccc2-c2ccccc21. The molecule has 2 N–H and O–H groups in total. The number of nitrogens with zero attached hydrogens (tertiary/aromatic N) is 1. The van der Waals surface area contributed by atoms with Crippen LogP contribution in [0, 0.1) is 17.8 Å². The van der Waals surface area contributed by atoms with Crippen molar-refractivity contribution in [3.05, 3.63) is 59.7 Å². The Kier molecular flexibility index (Phi) is 5.48. The third kappa shape index (κ3) is 3.67. The molecule has 8 nitrogen and oxygen atoms in total. The molecule has 35 heavy (non-hydrogen) atoms. The molecule has 7 rings (SSSR count). The highest BCUT2D eigenvalue weighted by molar-refractivity contribution is 5.85. The summed E-state index contributed by atoms with van der Waals surface area (Å²) in [6.45, 7) is 1.43. The highest BCUT2D eigenvalue weighted by Crippen LogP contribution is 2.47. The Morgan fingerprint density at radius 1 is 1.06 bits per heavy atom. The van der Waals surface area contributed by atoms with Crippen LogP contribution in [0.4, 0.5) is 4.79 Å². The van der Waals surface area contributed by atoms with E-state index in [1.54, 1.807) is 4.90 Å². The topological polar surface area (TPSA) is 105 Å². The van der Waals surface area contributed by atoms with Gasteiger partial charge in [-0.05, 0) is 41.0 Å². The highest BCUT2D eigenvalue weighted by atomic mass is 16.5. The molecule has 3 heterocycles. The van der Waals surface area contributed by atoms with Crippen molar-refractivity contribution >= 4 is 18.0 Å². The summed E-state index contributed by atoms with van der Waals surface area (Å²) in [5.41, 5.74) is 4.65. The van der Waals surface area contributed by atoms with Crippen LogP contribution in [0.25, 0.3) is 11.1 Å². The van der Waals surface area contributed by atoms with Gasteiger partial charge in [-0.2, -0.15) is 0 Å². The van der Waals surface area contributed by atoms with Crippen molar-refractivity contribution in [1.82, 2.24) is 10.2 Å². The lowest BCUT2D eigenvalue weighted by Crippen LogP contribution is -2.49. The zero-order chi connectivity index (χ0) is 24.1. The Balaban J connectivity index is 1.04. The first-order valence-electron chi connectivity index (χ1n) is 12.3. The fourth-order valence-corrected chi connectivity index (χ4v) is 6.38. The van der Waals surface area contributed by atoms with Gasteiger partial charge in [0.2, 0.25) is 0 Å². The number of hydrogen-bond donors (Lipinski definition) is 2. The maximum Gasteiger partial charge on any atom is 0.407 e. The first-order valence-corrected chi connectivity index (χ1v) is 12.3. The summed E-state index contributed by atoms with van der Waals surface area (Å²) in [4.78, 5) is 38.8. The van der Waals surface area contributed by atoms with Gasteiger partial charge in [-0.15, -0.1) is 0 Å². The number of carboxylic acids is 1. The van der Waals surface area contributed by atoms with Crippen LogP contribution in [-0.4, -0.2) is 66.4 Å². The minimum Gasteiger partial charge on any atom is -0.481 e. The molecule has 4 fully saturated rings. The molecular weight excluding hydrogens is 448 g/mol. The number of hydrogen-bond acceptors (Lipinski definition) is 5. The van der Waals surface area contributed by atoms with Gasteiger partial charge >= 0.3 is 12.1 Å². The molecule has 1 saturated carbocycles. The maximum atomic E-state index is 13.1. The molecule has 182 valence electrons. The lowest BCUT2D eigenvalue weighted by molar-refractivity contribution is -0.150. The molecule has 5 aliphatic rings. The quantitative estimate of drug-likeness (QED) is 0.664. The van der Waals surface area contributed by atoms with Gasteiger partial charge in [0.15, 0.2) is 0 Å². The number of carbonyl (C=O) groups is 3. The number of ether oxygens (including phenoxy) is 2. The van der Waals surface area contributed by atoms with Gasteiger partial charge in [0.1, 0.15) is 12.7 Å². The largest absolute Gasteiger partial charge is 0.481 e. The van der Waals surface area contributed by atoms with Crippen LogP contribution in [-0.2, 0) is 19.1 Å². The van der Waals surface area contributed by atoms with Crippen LogP contribution in [0.2, 0.25) is 0 Å². The summed E-state index contributed by atoms with van der Waals surface area (Å²) in [5.74, 6) is -1.58. The summed E-state index contributed by atoms with van der Waals surface area (Å²) in [6.07, 6.45) is 0.236. The van der Waals surface area contributed by atoms with E-state index in [1.165, 1.54) is 11.1 Å². The van der Waals surface area contributed by atoms with Crippen LogP contribution in [0.3, 0.4) is 0 Å². The van der Waals surface area contributed by atoms with E-state index < -0.39 is 24.1 Å². The van der Waals surface area contributed by atoms with Crippen molar-refractivity contribution in [3.8, 4) is 11.1 Å². The van der Waals surface area contributed by atoms with E-state index in [9.17, 15) is 19.5 Å². The van der Waals surface area contributed by atoms with Crippen LogP contribution in [0.15, 0.2) is 48.5 Å². The van der Waals surface area contributed by atoms with Gasteiger partial charge in [-0.1, -0.05) is 48.5 Å². The Hall–Kier alpha value is -3.39. The second-order valence-electron chi connectivity index (χ2n) is 9.96. The van der Waals surface area contributed by atoms with Crippen LogP contribution in [0.1, 0.15) is 29.9 Å². The molecule has 0 radical (unpaired) electrons. The Morgan fingerprint density at radius 2 is 1.74 bits per heavy atom. The van der Waals surface area contributed by atoms with Crippen LogP contribution in [0.5, 0.6) is 0 Å². The van der Waals surface area contributed by atoms with E-state index >= 15 is 0 Å². The normalized spacial score (nSPS) is 28.2. The molecule has 3 unspecified atom stereocenters. The van der Waals surface area contributed by atoms with Gasteiger partial charge < -0.3 is 24.8 Å². The number of aliphatic carboxylic acids is 1. The van der Waals surface area contributed by atoms with E-state index in [2.05, 4.69) is 29.6 Å². The molecule has 2 bridgehead atoms. The average molecular weight is 477 g/mol. The summed E-state index contributed by atoms with van der Waals surface area (Å²) in [6, 6.07) is 16.1. The zero-order valence-electron chi connectivity index (χ0n) is 19.3. The van der Waals surface area contributed by atoms with Crippen molar-refractivity contribution in [2.45, 2.75) is 30.9 Å². The van der Waals surface area contributed by atoms with Gasteiger partial charge in [-0.25, -0.2) is 4.79 Å². The Bertz CT molecular complexity index is 1140. The van der Waals surface area contributed by atoms with Gasteiger partial charge in [-0.3, -0.25) is 9.59 Å². The summed E-state index contributed by atoms with van der Waals surface area (Å²) in [7, 11) is 0. The maximum absolute atomic E-state index is 13.1. The minimum absolute atomic E-state index is 0.0128. The fourth-order valence-electron chi connectivity index (χ4n) is 6.38. The molecule has 2 aromatic carbocycles. The Labute approximate surface area is 203 Å². The third-order valence-electron chi connectivity index (χ3n) is 8.18. The fraction of sp³-hybridized carbons (Fsp3) is 0.444. The second kappa shape index (κ2) is 8.68. The molecule has 2 aromatic rings. The Morgan fingerprint density at radius 3 is 2.40 bits per heavy atom. The lowest BCUT2D eigenvalue weighted by Gasteiger charge is -2.34. The van der Waals surface area contributed by atoms with E-state index in [0.29, 0.717) is 19.6 Å². The number of rotatable bonds is 6. The van der Waals surface area contributed by atoms with Crippen molar-refractivity contribution < 1.29 is 29.0 Å². The van der Waals surface area contributed by atoms with E-state index in [0.717, 1.165) is 17.5 Å². The molecule has 2 amide bonds. The van der Waals surface area contributed by atoms with Crippen molar-refractivity contribution in [2.75, 3.05) is 26.3 Å². The van der Waals surface area contributed by atoms with Gasteiger partial charge in [0, 0.05) is 37.6 Å². The average Bonchev–Trinajstić information content (AvgIpc) is 3.62. The molecule has 3 aliphatic heterocycles. The van der Waals surface area contributed by atoms with Crippen molar-refractivity contribution in [2.24, 2.45) is 17.8 Å². The molecule has 0 aromatic heterocycles. The predicted molar refractivity (Wildman–Crippen MR) is 126 cm³/mol. The number of amides is 2. The van der Waals surface area contributed by atoms with E-state index in [1.807, 2.05) is 24.3 Å². The summed E-state index contributed by atoms with van der Waals surface area (Å²) in [5, 5.41) is 12.2. The number of carbonyl (C=O) groups excluding carboxylic acids is 2. The molecule has 2 aliphatic carbocycles. The summed E-state index contributed by atoms with van der Waals surface area (Å²) >= 11 is 0. The number of nitrogens with one attached hydrogen (secondary N) is 1. The number of alkyl carbamates (subject to hydrolysis) is 1. The van der Waals surface area contributed by atoms with Gasteiger partial charge in [0.25, 0.3) is 5.91 Å². The molecular formula is C27H28N2O6. The standard InChI is InChI=1S/C27H28N2O6/c30-25(29-13-16-11-22(29)23(16)26(31)32)24-15(9-10-34-24)12-28-27(33)35-14-21-19-7-3-1-5-17(19)18-6-2-4-8-20(18)21/h1-8,15-16,21-24H,9-14H2,(H,28,33)(H,31,32)/t15-,16?,22?,23?,24-/m0/s1. The zero-order valence-corrected chi connectivity index (χ0v) is 19.3. The molecule has 5 atom stereocenters. The molecule has 8 heteroatoms. The number of fused-ring (bicyclic) bond motifs is 4. The first kappa shape index (κ1) is 22.1. The minimum atomic E-state index is -0.831. The van der Waals surface area contributed by atoms with Crippen LogP contribution < -0.4 is 5.32 Å². The van der Waals surface area contributed by atoms with E-state index in [-0.39, 0.29) is 42.9 Å².